The van der Waals surface area contributed by atoms with E-state index in [1.807, 2.05) is 24.4 Å². The number of hydrogen-bond acceptors (Lipinski definition) is 6. The van der Waals surface area contributed by atoms with Crippen molar-refractivity contribution in [3.63, 3.8) is 0 Å². The number of piperidine rings is 1. The van der Waals surface area contributed by atoms with E-state index >= 15 is 0 Å². The van der Waals surface area contributed by atoms with Crippen LogP contribution in [0.25, 0.3) is 0 Å². The van der Waals surface area contributed by atoms with Gasteiger partial charge in [0.1, 0.15) is 5.75 Å². The third-order valence-corrected chi connectivity index (χ3v) is 8.50. The maximum atomic E-state index is 13.8. The third-order valence-electron chi connectivity index (χ3n) is 8.50. The van der Waals surface area contributed by atoms with E-state index in [1.165, 1.54) is 5.56 Å². The zero-order valence-electron chi connectivity index (χ0n) is 23.2. The minimum Gasteiger partial charge on any atom is -0.439 e. The molecule has 2 aromatic carbocycles. The van der Waals surface area contributed by atoms with Crippen molar-refractivity contribution in [2.24, 2.45) is 5.73 Å². The number of carbonyl (C=O) groups is 2. The van der Waals surface area contributed by atoms with Gasteiger partial charge in [0.05, 0.1) is 6.04 Å². The number of rotatable bonds is 8. The smallest absolute Gasteiger partial charge is 0.321 e. The van der Waals surface area contributed by atoms with Gasteiger partial charge in [-0.25, -0.2) is 9.78 Å². The monoisotopic (exact) mass is 555 g/mol. The summed E-state index contributed by atoms with van der Waals surface area (Å²) in [5, 5.41) is 0. The molecule has 4 heterocycles. The van der Waals surface area contributed by atoms with E-state index in [1.54, 1.807) is 24.3 Å². The zero-order valence-corrected chi connectivity index (χ0v) is 23.2. The molecule has 0 saturated carbocycles. The maximum Gasteiger partial charge on any atom is 0.321 e. The molecule has 214 valence electrons. The summed E-state index contributed by atoms with van der Waals surface area (Å²) >= 11 is 0. The summed E-state index contributed by atoms with van der Waals surface area (Å²) in [6.07, 6.45) is 5.58. The van der Waals surface area contributed by atoms with Gasteiger partial charge in [0.15, 0.2) is 0 Å². The van der Waals surface area contributed by atoms with Crippen molar-refractivity contribution < 1.29 is 19.1 Å². The van der Waals surface area contributed by atoms with E-state index in [0.29, 0.717) is 17.2 Å². The van der Waals surface area contributed by atoms with Crippen LogP contribution in [0.4, 0.5) is 4.79 Å². The minimum absolute atomic E-state index is 0.0897. The molecule has 3 saturated heterocycles. The zero-order chi connectivity index (χ0) is 28.2. The number of amides is 3. The molecule has 6 rings (SSSR count). The highest BCUT2D eigenvalue weighted by Gasteiger charge is 2.45. The Morgan fingerprint density at radius 3 is 2.32 bits per heavy atom. The molecular formula is C32H37N5O4. The lowest BCUT2D eigenvalue weighted by atomic mass is 9.99. The van der Waals surface area contributed by atoms with Crippen LogP contribution in [0, 0.1) is 0 Å². The first-order valence-electron chi connectivity index (χ1n) is 14.5. The summed E-state index contributed by atoms with van der Waals surface area (Å²) in [5.41, 5.74) is 8.07. The summed E-state index contributed by atoms with van der Waals surface area (Å²) in [6, 6.07) is 21.8. The van der Waals surface area contributed by atoms with Gasteiger partial charge in [0, 0.05) is 69.3 Å². The van der Waals surface area contributed by atoms with E-state index in [0.717, 1.165) is 70.6 Å². The Balaban J connectivity index is 1.06. The van der Waals surface area contributed by atoms with Crippen LogP contribution in [0.5, 0.6) is 11.6 Å². The second-order valence-electron chi connectivity index (χ2n) is 11.1. The van der Waals surface area contributed by atoms with Crippen LogP contribution in [0.2, 0.25) is 0 Å². The van der Waals surface area contributed by atoms with Crippen LogP contribution in [0.15, 0.2) is 72.9 Å². The average Bonchev–Trinajstić information content (AvgIpc) is 3.36. The van der Waals surface area contributed by atoms with Gasteiger partial charge in [-0.1, -0.05) is 36.4 Å². The van der Waals surface area contributed by atoms with Crippen molar-refractivity contribution in [2.75, 3.05) is 32.8 Å². The van der Waals surface area contributed by atoms with E-state index in [9.17, 15) is 9.59 Å². The number of urea groups is 1. The number of likely N-dealkylation sites (tertiary alicyclic amines) is 1. The summed E-state index contributed by atoms with van der Waals surface area (Å²) in [5.74, 6) is 0.619. The fourth-order valence-electron chi connectivity index (χ4n) is 6.27. The lowest BCUT2D eigenvalue weighted by Gasteiger charge is -2.39. The molecule has 41 heavy (non-hydrogen) atoms. The normalized spacial score (nSPS) is 20.9. The van der Waals surface area contributed by atoms with Gasteiger partial charge >= 0.3 is 6.03 Å². The highest BCUT2D eigenvalue weighted by molar-refractivity contribution is 5.92. The lowest BCUT2D eigenvalue weighted by Crippen LogP contribution is -2.48. The molecule has 3 amide bonds. The molecule has 1 unspecified atom stereocenters. The van der Waals surface area contributed by atoms with Crippen molar-refractivity contribution in [2.45, 2.75) is 50.4 Å². The average molecular weight is 556 g/mol. The highest BCUT2D eigenvalue weighted by atomic mass is 16.5. The molecule has 3 aliphatic rings. The topological polar surface area (TPSA) is 101 Å². The fraction of sp³-hybridized carbons (Fsp3) is 0.406. The van der Waals surface area contributed by atoms with Gasteiger partial charge in [0.2, 0.25) is 11.8 Å². The largest absolute Gasteiger partial charge is 0.439 e. The lowest BCUT2D eigenvalue weighted by molar-refractivity contribution is 0.0493. The fourth-order valence-corrected chi connectivity index (χ4v) is 6.27. The number of benzene rings is 2. The minimum atomic E-state index is -0.469. The first-order chi connectivity index (χ1) is 20.0. The number of carbonyl (C=O) groups excluding carboxylic acids is 2. The Bertz CT molecular complexity index is 1320. The molecule has 0 aliphatic carbocycles. The standard InChI is InChI=1S/C32H37N5O4/c33-31(38)25-7-9-28(10-8-25)41-30-11-6-23(20-34-30)21-35-16-12-27(13-17-35)37-29(24-4-2-1-3-5-24)22-36(32(37)39)26-14-18-40-19-15-26/h1-11,20,26-27,29H,12-19,21-22H2,(H2,33,38). The predicted octanol–water partition coefficient (Wildman–Crippen LogP) is 4.60. The van der Waals surface area contributed by atoms with Crippen LogP contribution in [0.1, 0.15) is 53.2 Å². The third kappa shape index (κ3) is 6.21. The molecule has 0 spiro atoms. The molecule has 3 fully saturated rings. The number of ether oxygens (including phenoxy) is 2. The van der Waals surface area contributed by atoms with Crippen LogP contribution < -0.4 is 10.5 Å². The van der Waals surface area contributed by atoms with Gasteiger partial charge in [-0.05, 0) is 61.1 Å². The second kappa shape index (κ2) is 12.3. The molecule has 9 heteroatoms. The van der Waals surface area contributed by atoms with Crippen LogP contribution in [-0.4, -0.2) is 76.6 Å². The Morgan fingerprint density at radius 1 is 0.927 bits per heavy atom. The van der Waals surface area contributed by atoms with E-state index in [4.69, 9.17) is 15.2 Å². The Hall–Kier alpha value is -3.95. The Labute approximate surface area is 240 Å². The number of nitrogens with zero attached hydrogens (tertiary/aromatic N) is 4. The highest BCUT2D eigenvalue weighted by Crippen LogP contribution is 2.37. The van der Waals surface area contributed by atoms with E-state index in [2.05, 4.69) is 43.9 Å². The van der Waals surface area contributed by atoms with Crippen molar-refractivity contribution in [1.29, 1.82) is 0 Å². The molecule has 0 bridgehead atoms. The Morgan fingerprint density at radius 2 is 1.66 bits per heavy atom. The molecule has 2 N–H and O–H groups in total. The van der Waals surface area contributed by atoms with Crippen LogP contribution in [-0.2, 0) is 11.3 Å². The van der Waals surface area contributed by atoms with Gasteiger partial charge in [-0.2, -0.15) is 0 Å². The number of pyridine rings is 1. The van der Waals surface area contributed by atoms with Gasteiger partial charge in [0.25, 0.3) is 0 Å². The maximum absolute atomic E-state index is 13.8. The number of nitrogens with two attached hydrogens (primary N) is 1. The number of aromatic nitrogens is 1. The van der Waals surface area contributed by atoms with Gasteiger partial charge in [-0.15, -0.1) is 0 Å². The summed E-state index contributed by atoms with van der Waals surface area (Å²) in [6.45, 7) is 4.87. The second-order valence-corrected chi connectivity index (χ2v) is 11.1. The van der Waals surface area contributed by atoms with E-state index < -0.39 is 5.91 Å². The molecular weight excluding hydrogens is 518 g/mol. The summed E-state index contributed by atoms with van der Waals surface area (Å²) < 4.78 is 11.4. The summed E-state index contributed by atoms with van der Waals surface area (Å²) in [7, 11) is 0. The molecule has 9 nitrogen and oxygen atoms in total. The van der Waals surface area contributed by atoms with Crippen molar-refractivity contribution in [3.05, 3.63) is 89.6 Å². The number of hydrogen-bond donors (Lipinski definition) is 1. The van der Waals surface area contributed by atoms with Gasteiger partial charge < -0.3 is 25.0 Å². The quantitative estimate of drug-likeness (QED) is 0.436. The van der Waals surface area contributed by atoms with E-state index in [-0.39, 0.29) is 24.2 Å². The molecule has 3 aliphatic heterocycles. The predicted molar refractivity (Wildman–Crippen MR) is 155 cm³/mol. The summed E-state index contributed by atoms with van der Waals surface area (Å²) in [4.78, 5) is 36.3. The molecule has 1 aromatic heterocycles. The molecule has 1 atom stereocenters. The van der Waals surface area contributed by atoms with Gasteiger partial charge in [-0.3, -0.25) is 9.69 Å². The molecule has 3 aromatic rings. The molecule has 0 radical (unpaired) electrons. The number of primary amides is 1. The van der Waals surface area contributed by atoms with Crippen LogP contribution >= 0.6 is 0 Å². The first kappa shape index (κ1) is 27.2. The van der Waals surface area contributed by atoms with Crippen molar-refractivity contribution >= 4 is 11.9 Å². The van der Waals surface area contributed by atoms with Crippen molar-refractivity contribution in [1.82, 2.24) is 19.7 Å². The van der Waals surface area contributed by atoms with Crippen molar-refractivity contribution in [3.8, 4) is 11.6 Å². The first-order valence-corrected chi connectivity index (χ1v) is 14.5. The van der Waals surface area contributed by atoms with Crippen LogP contribution in [0.3, 0.4) is 0 Å². The SMILES string of the molecule is NC(=O)c1ccc(Oc2ccc(CN3CCC(N4C(=O)N(C5CCOCC5)CC4c4ccccc4)CC3)cn2)cc1. The Kier molecular flexibility index (Phi) is 8.16.